The Bertz CT molecular complexity index is 868. The quantitative estimate of drug-likeness (QED) is 0.724. The normalized spacial score (nSPS) is 10.9. The van der Waals surface area contributed by atoms with Gasteiger partial charge in [0.2, 0.25) is 0 Å². The molecule has 23 heavy (non-hydrogen) atoms. The van der Waals surface area contributed by atoms with Crippen LogP contribution in [0.5, 0.6) is 5.75 Å². The summed E-state index contributed by atoms with van der Waals surface area (Å²) in [5.41, 5.74) is 3.40. The van der Waals surface area contributed by atoms with Crippen molar-refractivity contribution in [2.75, 3.05) is 5.32 Å². The van der Waals surface area contributed by atoms with Crippen molar-refractivity contribution in [2.45, 2.75) is 26.7 Å². The van der Waals surface area contributed by atoms with Crippen molar-refractivity contribution in [2.24, 2.45) is 0 Å². The van der Waals surface area contributed by atoms with Crippen LogP contribution in [0.15, 0.2) is 42.6 Å². The number of hydrogen-bond donors (Lipinski definition) is 2. The Morgan fingerprint density at radius 2 is 2.13 bits per heavy atom. The van der Waals surface area contributed by atoms with Crippen LogP contribution >= 0.6 is 0 Å². The molecular weight excluding hydrogens is 290 g/mol. The van der Waals surface area contributed by atoms with Crippen LogP contribution in [-0.4, -0.2) is 20.4 Å². The lowest BCUT2D eigenvalue weighted by Gasteiger charge is -2.09. The maximum atomic E-state index is 12.8. The first-order chi connectivity index (χ1) is 11.1. The molecule has 0 aliphatic carbocycles. The minimum atomic E-state index is -0.270. The van der Waals surface area contributed by atoms with E-state index < -0.39 is 0 Å². The Hall–Kier alpha value is -2.82. The number of amides is 1. The van der Waals surface area contributed by atoms with Gasteiger partial charge in [0.05, 0.1) is 11.4 Å². The number of nitrogens with zero attached hydrogens (tertiary/aromatic N) is 2. The molecule has 0 unspecified atom stereocenters. The predicted octanol–water partition coefficient (Wildman–Crippen LogP) is 3.55. The van der Waals surface area contributed by atoms with Gasteiger partial charge in [-0.3, -0.25) is 9.20 Å². The molecular formula is C18H19N3O2. The molecule has 3 aromatic rings. The molecule has 0 aliphatic heterocycles. The molecule has 0 fully saturated rings. The zero-order valence-corrected chi connectivity index (χ0v) is 13.2. The Kier molecular flexibility index (Phi) is 4.02. The maximum Gasteiger partial charge on any atom is 0.274 e. The van der Waals surface area contributed by atoms with Gasteiger partial charge in [0, 0.05) is 6.20 Å². The van der Waals surface area contributed by atoms with E-state index in [0.29, 0.717) is 11.4 Å². The Morgan fingerprint density at radius 1 is 1.30 bits per heavy atom. The number of nitrogens with one attached hydrogen (secondary N) is 1. The number of phenols is 1. The molecule has 5 nitrogen and oxygen atoms in total. The first kappa shape index (κ1) is 15.1. The van der Waals surface area contributed by atoms with Crippen LogP contribution in [-0.2, 0) is 6.42 Å². The summed E-state index contributed by atoms with van der Waals surface area (Å²) in [6.45, 7) is 3.96. The van der Waals surface area contributed by atoms with Gasteiger partial charge in [-0.25, -0.2) is 4.98 Å². The van der Waals surface area contributed by atoms with Crippen LogP contribution in [0.4, 0.5) is 5.69 Å². The molecule has 2 N–H and O–H groups in total. The zero-order chi connectivity index (χ0) is 16.4. The van der Waals surface area contributed by atoms with E-state index in [4.69, 9.17) is 0 Å². The average Bonchev–Trinajstić information content (AvgIpc) is 2.89. The lowest BCUT2D eigenvalue weighted by Crippen LogP contribution is -2.16. The second kappa shape index (κ2) is 6.12. The highest BCUT2D eigenvalue weighted by Gasteiger charge is 2.19. The molecule has 0 aliphatic rings. The second-order valence-electron chi connectivity index (χ2n) is 5.56. The van der Waals surface area contributed by atoms with Crippen molar-refractivity contribution in [3.05, 3.63) is 59.5 Å². The summed E-state index contributed by atoms with van der Waals surface area (Å²) in [4.78, 5) is 17.3. The molecule has 0 radical (unpaired) electrons. The van der Waals surface area contributed by atoms with E-state index in [-0.39, 0.29) is 11.7 Å². The number of carbonyl (C=O) groups excluding carboxylic acids is 1. The molecule has 2 aromatic heterocycles. The molecule has 0 saturated heterocycles. The molecule has 1 amide bonds. The lowest BCUT2D eigenvalue weighted by molar-refractivity contribution is 0.102. The van der Waals surface area contributed by atoms with Crippen molar-refractivity contribution in [1.29, 1.82) is 0 Å². The fourth-order valence-corrected chi connectivity index (χ4v) is 2.63. The molecule has 0 saturated carbocycles. The maximum absolute atomic E-state index is 12.8. The molecule has 1 aromatic carbocycles. The van der Waals surface area contributed by atoms with Crippen LogP contribution in [0.25, 0.3) is 5.65 Å². The number of aromatic hydroxyl groups is 1. The highest BCUT2D eigenvalue weighted by molar-refractivity contribution is 6.05. The van der Waals surface area contributed by atoms with Crippen LogP contribution in [0.2, 0.25) is 0 Å². The lowest BCUT2D eigenvalue weighted by atomic mass is 10.2. The first-order valence-electron chi connectivity index (χ1n) is 7.67. The van der Waals surface area contributed by atoms with Crippen LogP contribution in [0.3, 0.4) is 0 Å². The minimum absolute atomic E-state index is 0.0508. The van der Waals surface area contributed by atoms with E-state index in [1.807, 2.05) is 31.3 Å². The molecule has 0 spiro atoms. The topological polar surface area (TPSA) is 66.6 Å². The van der Waals surface area contributed by atoms with Gasteiger partial charge in [-0.1, -0.05) is 25.5 Å². The molecule has 5 heteroatoms. The van der Waals surface area contributed by atoms with Gasteiger partial charge in [0.15, 0.2) is 0 Å². The van der Waals surface area contributed by atoms with E-state index in [2.05, 4.69) is 17.2 Å². The van der Waals surface area contributed by atoms with Gasteiger partial charge in [-0.15, -0.1) is 0 Å². The number of pyridine rings is 1. The highest BCUT2D eigenvalue weighted by Crippen LogP contribution is 2.25. The first-order valence-corrected chi connectivity index (χ1v) is 7.67. The third kappa shape index (κ3) is 2.90. The Balaban J connectivity index is 2.03. The van der Waals surface area contributed by atoms with Gasteiger partial charge in [0.1, 0.15) is 17.1 Å². The standard InChI is InChI=1S/C18H19N3O2/c1-3-6-13-17(21-10-5-4-7-16(21)19-13)18(23)20-14-11-12(2)8-9-15(14)22/h4-5,7-11,22H,3,6H2,1-2H3,(H,20,23). The molecule has 118 valence electrons. The van der Waals surface area contributed by atoms with Gasteiger partial charge >= 0.3 is 0 Å². The smallest absolute Gasteiger partial charge is 0.274 e. The van der Waals surface area contributed by atoms with E-state index in [0.717, 1.165) is 29.7 Å². The number of benzene rings is 1. The van der Waals surface area contributed by atoms with Crippen LogP contribution in [0, 0.1) is 6.92 Å². The number of rotatable bonds is 4. The largest absolute Gasteiger partial charge is 0.506 e. The minimum Gasteiger partial charge on any atom is -0.506 e. The van der Waals surface area contributed by atoms with Gasteiger partial charge in [0.25, 0.3) is 5.91 Å². The summed E-state index contributed by atoms with van der Waals surface area (Å²) in [7, 11) is 0. The number of aromatic nitrogens is 2. The summed E-state index contributed by atoms with van der Waals surface area (Å²) < 4.78 is 1.78. The number of phenolic OH excluding ortho intramolecular Hbond substituents is 1. The number of aryl methyl sites for hydroxylation is 2. The van der Waals surface area contributed by atoms with E-state index in [9.17, 15) is 9.90 Å². The Labute approximate surface area is 134 Å². The fraction of sp³-hybridized carbons (Fsp3) is 0.222. The highest BCUT2D eigenvalue weighted by atomic mass is 16.3. The number of anilines is 1. The van der Waals surface area contributed by atoms with Gasteiger partial charge in [-0.2, -0.15) is 0 Å². The summed E-state index contributed by atoms with van der Waals surface area (Å²) in [6, 6.07) is 10.8. The monoisotopic (exact) mass is 309 g/mol. The zero-order valence-electron chi connectivity index (χ0n) is 13.2. The van der Waals surface area contributed by atoms with Crippen molar-refractivity contribution in [3.8, 4) is 5.75 Å². The summed E-state index contributed by atoms with van der Waals surface area (Å²) >= 11 is 0. The third-order valence-electron chi connectivity index (χ3n) is 3.70. The molecule has 3 rings (SSSR count). The molecule has 2 heterocycles. The van der Waals surface area contributed by atoms with Gasteiger partial charge in [-0.05, 0) is 43.2 Å². The molecule has 0 atom stereocenters. The fourth-order valence-electron chi connectivity index (χ4n) is 2.63. The van der Waals surface area contributed by atoms with Crippen LogP contribution < -0.4 is 5.32 Å². The van der Waals surface area contributed by atoms with Crippen LogP contribution in [0.1, 0.15) is 35.1 Å². The SMILES string of the molecule is CCCc1nc2ccccn2c1C(=O)Nc1cc(C)ccc1O. The van der Waals surface area contributed by atoms with Gasteiger partial charge < -0.3 is 10.4 Å². The van der Waals surface area contributed by atoms with Crippen molar-refractivity contribution in [1.82, 2.24) is 9.38 Å². The average molecular weight is 309 g/mol. The van der Waals surface area contributed by atoms with Crippen molar-refractivity contribution in [3.63, 3.8) is 0 Å². The molecule has 0 bridgehead atoms. The number of hydrogen-bond acceptors (Lipinski definition) is 3. The Morgan fingerprint density at radius 3 is 2.91 bits per heavy atom. The van der Waals surface area contributed by atoms with E-state index in [1.54, 1.807) is 22.6 Å². The number of carbonyl (C=O) groups is 1. The third-order valence-corrected chi connectivity index (χ3v) is 3.70. The number of imidazole rings is 1. The van der Waals surface area contributed by atoms with Crippen molar-refractivity contribution < 1.29 is 9.90 Å². The predicted molar refractivity (Wildman–Crippen MR) is 90.0 cm³/mol. The summed E-state index contributed by atoms with van der Waals surface area (Å²) in [6.07, 6.45) is 3.45. The van der Waals surface area contributed by atoms with E-state index >= 15 is 0 Å². The summed E-state index contributed by atoms with van der Waals surface area (Å²) in [5, 5.41) is 12.7. The number of fused-ring (bicyclic) bond motifs is 1. The van der Waals surface area contributed by atoms with E-state index in [1.165, 1.54) is 0 Å². The summed E-state index contributed by atoms with van der Waals surface area (Å²) in [5.74, 6) is -0.220. The van der Waals surface area contributed by atoms with Crippen molar-refractivity contribution >= 4 is 17.2 Å². The second-order valence-corrected chi connectivity index (χ2v) is 5.56.